The topological polar surface area (TPSA) is 57.0 Å². The molecule has 1 aliphatic rings. The van der Waals surface area contributed by atoms with Crippen LogP contribution < -0.4 is 4.90 Å². The van der Waals surface area contributed by atoms with Crippen molar-refractivity contribution >= 4 is 16.6 Å². The van der Waals surface area contributed by atoms with Crippen molar-refractivity contribution in [3.05, 3.63) is 23.9 Å². The maximum absolute atomic E-state index is 12.3. The molecule has 1 saturated heterocycles. The molecular formula is C14H19N3OS. The van der Waals surface area contributed by atoms with Gasteiger partial charge in [-0.1, -0.05) is 13.8 Å². The third-order valence-corrected chi connectivity index (χ3v) is 6.23. The lowest BCUT2D eigenvalue weighted by molar-refractivity contribution is 0.494. The number of pyridine rings is 1. The Morgan fingerprint density at radius 3 is 2.89 bits per heavy atom. The van der Waals surface area contributed by atoms with Gasteiger partial charge in [0.2, 0.25) is 0 Å². The highest BCUT2D eigenvalue weighted by Gasteiger charge is 2.39. The summed E-state index contributed by atoms with van der Waals surface area (Å²) in [5, 5.41) is 9.17. The van der Waals surface area contributed by atoms with Crippen molar-refractivity contribution in [2.24, 2.45) is 0 Å². The van der Waals surface area contributed by atoms with Crippen LogP contribution in [0.4, 0.5) is 5.82 Å². The standard InChI is InChI=1S/C14H19N3OS/c1-3-14(4-2)11-17(8-9-19(14)18)13-12(10-15)6-5-7-16-13/h5-7H,3-4,8-9,11H2,1-2H3. The van der Waals surface area contributed by atoms with E-state index in [1.165, 1.54) is 0 Å². The molecule has 5 heteroatoms. The lowest BCUT2D eigenvalue weighted by Crippen LogP contribution is -2.53. The highest BCUT2D eigenvalue weighted by atomic mass is 32.2. The van der Waals surface area contributed by atoms with Gasteiger partial charge in [0.15, 0.2) is 0 Å². The molecule has 1 aliphatic heterocycles. The van der Waals surface area contributed by atoms with Crippen LogP contribution in [0.1, 0.15) is 32.3 Å². The molecule has 0 aliphatic carbocycles. The van der Waals surface area contributed by atoms with E-state index >= 15 is 0 Å². The second-order valence-electron chi connectivity index (χ2n) is 4.85. The molecule has 0 bridgehead atoms. The van der Waals surface area contributed by atoms with E-state index in [9.17, 15) is 4.21 Å². The van der Waals surface area contributed by atoms with Gasteiger partial charge in [-0.3, -0.25) is 4.21 Å². The van der Waals surface area contributed by atoms with Gasteiger partial charge in [-0.15, -0.1) is 0 Å². The maximum Gasteiger partial charge on any atom is 0.146 e. The zero-order valence-corrected chi connectivity index (χ0v) is 12.2. The molecule has 2 heterocycles. The number of nitriles is 1. The van der Waals surface area contributed by atoms with Crippen LogP contribution in [0.3, 0.4) is 0 Å². The van der Waals surface area contributed by atoms with E-state index in [-0.39, 0.29) is 4.75 Å². The predicted molar refractivity (Wildman–Crippen MR) is 77.5 cm³/mol. The molecule has 1 unspecified atom stereocenters. The molecule has 1 atom stereocenters. The summed E-state index contributed by atoms with van der Waals surface area (Å²) in [6, 6.07) is 5.75. The third kappa shape index (κ3) is 2.50. The number of aromatic nitrogens is 1. The van der Waals surface area contributed by atoms with Crippen LogP contribution >= 0.6 is 0 Å². The van der Waals surface area contributed by atoms with Gasteiger partial charge in [-0.25, -0.2) is 4.98 Å². The number of hydrogen-bond donors (Lipinski definition) is 0. The monoisotopic (exact) mass is 277 g/mol. The molecule has 4 nitrogen and oxygen atoms in total. The molecule has 1 aromatic rings. The molecule has 0 N–H and O–H groups in total. The molecule has 0 aromatic carbocycles. The summed E-state index contributed by atoms with van der Waals surface area (Å²) in [5.74, 6) is 1.39. The van der Waals surface area contributed by atoms with Crippen molar-refractivity contribution in [1.82, 2.24) is 4.98 Å². The van der Waals surface area contributed by atoms with Gasteiger partial charge >= 0.3 is 0 Å². The Morgan fingerprint density at radius 1 is 1.53 bits per heavy atom. The van der Waals surface area contributed by atoms with Crippen molar-refractivity contribution in [2.75, 3.05) is 23.7 Å². The highest BCUT2D eigenvalue weighted by Crippen LogP contribution is 2.31. The van der Waals surface area contributed by atoms with E-state index in [1.54, 1.807) is 18.3 Å². The lowest BCUT2D eigenvalue weighted by atomic mass is 10.0. The average molecular weight is 277 g/mol. The van der Waals surface area contributed by atoms with Crippen molar-refractivity contribution in [3.8, 4) is 6.07 Å². The Labute approximate surface area is 116 Å². The lowest BCUT2D eigenvalue weighted by Gasteiger charge is -2.41. The second kappa shape index (κ2) is 5.70. The largest absolute Gasteiger partial charge is 0.353 e. The van der Waals surface area contributed by atoms with E-state index in [1.807, 2.05) is 0 Å². The number of anilines is 1. The zero-order valence-electron chi connectivity index (χ0n) is 11.4. The molecule has 0 saturated carbocycles. The minimum Gasteiger partial charge on any atom is -0.353 e. The maximum atomic E-state index is 12.3. The normalized spacial score (nSPS) is 21.9. The Morgan fingerprint density at radius 2 is 2.26 bits per heavy atom. The van der Waals surface area contributed by atoms with Gasteiger partial charge in [-0.05, 0) is 25.0 Å². The molecule has 0 amide bonds. The summed E-state index contributed by atoms with van der Waals surface area (Å²) in [5.41, 5.74) is 0.594. The summed E-state index contributed by atoms with van der Waals surface area (Å²) in [6.07, 6.45) is 3.49. The molecule has 2 rings (SSSR count). The summed E-state index contributed by atoms with van der Waals surface area (Å²) in [4.78, 5) is 6.45. The van der Waals surface area contributed by atoms with E-state index in [0.717, 1.165) is 25.2 Å². The quantitative estimate of drug-likeness (QED) is 0.849. The molecule has 102 valence electrons. The fourth-order valence-electron chi connectivity index (χ4n) is 2.62. The molecule has 0 radical (unpaired) electrons. The van der Waals surface area contributed by atoms with Crippen LogP contribution in [0.15, 0.2) is 18.3 Å². The Hall–Kier alpha value is -1.41. The first-order valence-corrected chi connectivity index (χ1v) is 7.97. The SMILES string of the molecule is CCC1(CC)CN(c2ncccc2C#N)CCS1=O. The van der Waals surface area contributed by atoms with Crippen molar-refractivity contribution in [2.45, 2.75) is 31.4 Å². The van der Waals surface area contributed by atoms with Crippen LogP contribution in [-0.2, 0) is 10.8 Å². The summed E-state index contributed by atoms with van der Waals surface area (Å²) in [7, 11) is -0.792. The zero-order chi connectivity index (χ0) is 13.9. The minimum atomic E-state index is -0.792. The van der Waals surface area contributed by atoms with Gasteiger partial charge in [0.1, 0.15) is 11.9 Å². The van der Waals surface area contributed by atoms with Crippen molar-refractivity contribution < 1.29 is 4.21 Å². The number of rotatable bonds is 3. The second-order valence-corrected chi connectivity index (χ2v) is 6.81. The molecule has 0 spiro atoms. The van der Waals surface area contributed by atoms with Crippen LogP contribution in [0.25, 0.3) is 0 Å². The van der Waals surface area contributed by atoms with Crippen molar-refractivity contribution in [3.63, 3.8) is 0 Å². The molecular weight excluding hydrogens is 258 g/mol. The highest BCUT2D eigenvalue weighted by molar-refractivity contribution is 7.86. The molecule has 1 aromatic heterocycles. The van der Waals surface area contributed by atoms with Gasteiger partial charge < -0.3 is 4.90 Å². The van der Waals surface area contributed by atoms with Crippen molar-refractivity contribution in [1.29, 1.82) is 5.26 Å². The fraction of sp³-hybridized carbons (Fsp3) is 0.571. The first kappa shape index (κ1) is 14.0. The number of nitrogens with zero attached hydrogens (tertiary/aromatic N) is 3. The van der Waals surface area contributed by atoms with Crippen LogP contribution in [0.2, 0.25) is 0 Å². The summed E-state index contributed by atoms with van der Waals surface area (Å²) in [6.45, 7) is 5.61. The summed E-state index contributed by atoms with van der Waals surface area (Å²) < 4.78 is 12.1. The van der Waals surface area contributed by atoms with E-state index in [4.69, 9.17) is 5.26 Å². The van der Waals surface area contributed by atoms with Gasteiger partial charge in [0.25, 0.3) is 0 Å². The van der Waals surface area contributed by atoms with E-state index in [2.05, 4.69) is 29.8 Å². The molecule has 19 heavy (non-hydrogen) atoms. The first-order chi connectivity index (χ1) is 9.16. The van der Waals surface area contributed by atoms with Crippen LogP contribution in [0, 0.1) is 11.3 Å². The fourth-order valence-corrected chi connectivity index (χ4v) is 4.38. The Balaban J connectivity index is 2.33. The molecule has 1 fully saturated rings. The van der Waals surface area contributed by atoms with E-state index in [0.29, 0.717) is 17.9 Å². The van der Waals surface area contributed by atoms with E-state index < -0.39 is 10.8 Å². The van der Waals surface area contributed by atoms with Gasteiger partial charge in [-0.2, -0.15) is 5.26 Å². The summed E-state index contributed by atoms with van der Waals surface area (Å²) >= 11 is 0. The minimum absolute atomic E-state index is 0.164. The Kier molecular flexibility index (Phi) is 4.20. The van der Waals surface area contributed by atoms with Crippen LogP contribution in [-0.4, -0.2) is 32.8 Å². The Bertz CT molecular complexity index is 520. The average Bonchev–Trinajstić information content (AvgIpc) is 2.48. The smallest absolute Gasteiger partial charge is 0.146 e. The van der Waals surface area contributed by atoms with Gasteiger partial charge in [0, 0.05) is 35.8 Å². The van der Waals surface area contributed by atoms with Gasteiger partial charge in [0.05, 0.1) is 10.3 Å². The van der Waals surface area contributed by atoms with Crippen LogP contribution in [0.5, 0.6) is 0 Å². The first-order valence-electron chi connectivity index (χ1n) is 6.65. The predicted octanol–water partition coefficient (Wildman–Crippen LogP) is 2.08. The third-order valence-electron chi connectivity index (χ3n) is 4.00. The number of hydrogen-bond acceptors (Lipinski definition) is 4.